The van der Waals surface area contributed by atoms with E-state index in [-0.39, 0.29) is 35.8 Å². The van der Waals surface area contributed by atoms with Crippen molar-refractivity contribution >= 4 is 29.9 Å². The van der Waals surface area contributed by atoms with E-state index in [0.717, 1.165) is 24.0 Å². The molecule has 0 amide bonds. The van der Waals surface area contributed by atoms with Crippen LogP contribution in [-0.4, -0.2) is 44.6 Å². The predicted octanol–water partition coefficient (Wildman–Crippen LogP) is 2.62. The molecule has 0 radical (unpaired) electrons. The molecule has 4 nitrogen and oxygen atoms in total. The zero-order valence-corrected chi connectivity index (χ0v) is 16.0. The van der Waals surface area contributed by atoms with Crippen molar-refractivity contribution < 1.29 is 4.39 Å². The summed E-state index contributed by atoms with van der Waals surface area (Å²) < 4.78 is 13.0. The van der Waals surface area contributed by atoms with Gasteiger partial charge in [0.05, 0.1) is 6.04 Å². The molecule has 0 bridgehead atoms. The maximum absolute atomic E-state index is 13.0. The van der Waals surface area contributed by atoms with Crippen LogP contribution in [0.15, 0.2) is 29.3 Å². The first kappa shape index (κ1) is 19.2. The molecule has 1 saturated carbocycles. The van der Waals surface area contributed by atoms with Crippen molar-refractivity contribution in [3.05, 3.63) is 35.6 Å². The van der Waals surface area contributed by atoms with Crippen LogP contribution in [0.25, 0.3) is 0 Å². The Kier molecular flexibility index (Phi) is 7.55. The predicted molar refractivity (Wildman–Crippen MR) is 100 cm³/mol. The highest BCUT2D eigenvalue weighted by atomic mass is 127. The number of benzene rings is 1. The van der Waals surface area contributed by atoms with E-state index < -0.39 is 0 Å². The molecule has 0 aromatic heterocycles. The smallest absolute Gasteiger partial charge is 0.191 e. The van der Waals surface area contributed by atoms with Gasteiger partial charge in [-0.2, -0.15) is 0 Å². The largest absolute Gasteiger partial charge is 0.354 e. The van der Waals surface area contributed by atoms with Gasteiger partial charge in [0.1, 0.15) is 5.82 Å². The fraction of sp³-hybridized carbons (Fsp3) is 0.562. The SMILES string of the molecule is CN=C(NCC(c1ccc(F)cc1)N(C)C)NC1CC1C.I. The summed E-state index contributed by atoms with van der Waals surface area (Å²) in [6, 6.07) is 7.39. The molecule has 124 valence electrons. The molecule has 0 aliphatic heterocycles. The molecule has 0 saturated heterocycles. The maximum Gasteiger partial charge on any atom is 0.191 e. The Bertz CT molecular complexity index is 489. The van der Waals surface area contributed by atoms with Gasteiger partial charge in [0.15, 0.2) is 5.96 Å². The fourth-order valence-corrected chi connectivity index (χ4v) is 2.37. The minimum absolute atomic E-state index is 0. The van der Waals surface area contributed by atoms with Gasteiger partial charge in [-0.05, 0) is 44.1 Å². The molecular weight excluding hydrogens is 394 g/mol. The van der Waals surface area contributed by atoms with E-state index in [4.69, 9.17) is 0 Å². The highest BCUT2D eigenvalue weighted by molar-refractivity contribution is 14.0. The Morgan fingerprint density at radius 2 is 1.95 bits per heavy atom. The Balaban J connectivity index is 0.00000242. The average Bonchev–Trinajstić information content (AvgIpc) is 3.14. The summed E-state index contributed by atoms with van der Waals surface area (Å²) in [5.74, 6) is 1.35. The lowest BCUT2D eigenvalue weighted by atomic mass is 10.1. The molecule has 1 aliphatic carbocycles. The van der Waals surface area contributed by atoms with E-state index in [9.17, 15) is 4.39 Å². The van der Waals surface area contributed by atoms with Gasteiger partial charge in [-0.3, -0.25) is 4.99 Å². The van der Waals surface area contributed by atoms with Crippen molar-refractivity contribution in [2.45, 2.75) is 25.4 Å². The number of rotatable bonds is 5. The Labute approximate surface area is 149 Å². The van der Waals surface area contributed by atoms with Crippen LogP contribution in [0.2, 0.25) is 0 Å². The van der Waals surface area contributed by atoms with Crippen molar-refractivity contribution in [3.8, 4) is 0 Å². The molecule has 22 heavy (non-hydrogen) atoms. The molecule has 0 spiro atoms. The first-order chi connectivity index (χ1) is 10.0. The summed E-state index contributed by atoms with van der Waals surface area (Å²) in [5, 5.41) is 6.76. The summed E-state index contributed by atoms with van der Waals surface area (Å²) in [6.07, 6.45) is 1.20. The van der Waals surface area contributed by atoms with Gasteiger partial charge in [0.25, 0.3) is 0 Å². The monoisotopic (exact) mass is 420 g/mol. The van der Waals surface area contributed by atoms with Crippen molar-refractivity contribution in [2.24, 2.45) is 10.9 Å². The second-order valence-electron chi connectivity index (χ2n) is 5.95. The number of halogens is 2. The third-order valence-corrected chi connectivity index (χ3v) is 4.00. The number of guanidine groups is 1. The number of nitrogens with one attached hydrogen (secondary N) is 2. The summed E-state index contributed by atoms with van der Waals surface area (Å²) in [5.41, 5.74) is 1.09. The van der Waals surface area contributed by atoms with Crippen LogP contribution < -0.4 is 10.6 Å². The van der Waals surface area contributed by atoms with Crippen LogP contribution in [0, 0.1) is 11.7 Å². The summed E-state index contributed by atoms with van der Waals surface area (Å²) in [4.78, 5) is 6.38. The van der Waals surface area contributed by atoms with E-state index in [2.05, 4.69) is 27.4 Å². The zero-order valence-electron chi connectivity index (χ0n) is 13.6. The maximum atomic E-state index is 13.0. The molecule has 3 atom stereocenters. The molecule has 2 N–H and O–H groups in total. The van der Waals surface area contributed by atoms with Crippen LogP contribution in [0.5, 0.6) is 0 Å². The van der Waals surface area contributed by atoms with E-state index in [1.165, 1.54) is 18.6 Å². The zero-order chi connectivity index (χ0) is 15.4. The van der Waals surface area contributed by atoms with Gasteiger partial charge in [0.2, 0.25) is 0 Å². The van der Waals surface area contributed by atoms with Gasteiger partial charge >= 0.3 is 0 Å². The number of aliphatic imine (C=N–C) groups is 1. The Morgan fingerprint density at radius 1 is 1.36 bits per heavy atom. The molecule has 0 heterocycles. The van der Waals surface area contributed by atoms with Gasteiger partial charge in [-0.25, -0.2) is 4.39 Å². The standard InChI is InChI=1S/C16H25FN4.HI/c1-11-9-14(11)20-16(18-2)19-10-15(21(3)4)12-5-7-13(17)8-6-12;/h5-8,11,14-15H,9-10H2,1-4H3,(H2,18,19,20);1H. The van der Waals surface area contributed by atoms with Gasteiger partial charge in [-0.15, -0.1) is 24.0 Å². The van der Waals surface area contributed by atoms with Crippen molar-refractivity contribution in [2.75, 3.05) is 27.7 Å². The molecule has 1 fully saturated rings. The molecule has 3 unspecified atom stereocenters. The lowest BCUT2D eigenvalue weighted by Crippen LogP contribution is -2.42. The van der Waals surface area contributed by atoms with Crippen LogP contribution in [0.3, 0.4) is 0 Å². The second-order valence-corrected chi connectivity index (χ2v) is 5.95. The molecule has 6 heteroatoms. The first-order valence-electron chi connectivity index (χ1n) is 7.40. The van der Waals surface area contributed by atoms with Crippen molar-refractivity contribution in [3.63, 3.8) is 0 Å². The third-order valence-electron chi connectivity index (χ3n) is 4.00. The van der Waals surface area contributed by atoms with Crippen molar-refractivity contribution in [1.82, 2.24) is 15.5 Å². The average molecular weight is 420 g/mol. The van der Waals surface area contributed by atoms with Crippen LogP contribution >= 0.6 is 24.0 Å². The summed E-state index contributed by atoms with van der Waals surface area (Å²) in [7, 11) is 5.83. The normalized spacial score (nSPS) is 22.0. The molecule has 2 rings (SSSR count). The molecule has 1 aromatic rings. The quantitative estimate of drug-likeness (QED) is 0.437. The van der Waals surface area contributed by atoms with Gasteiger partial charge in [0, 0.05) is 19.6 Å². The van der Waals surface area contributed by atoms with Crippen LogP contribution in [0.1, 0.15) is 24.9 Å². The number of nitrogens with zero attached hydrogens (tertiary/aromatic N) is 2. The van der Waals surface area contributed by atoms with Gasteiger partial charge < -0.3 is 15.5 Å². The number of likely N-dealkylation sites (N-methyl/N-ethyl adjacent to an activating group) is 1. The highest BCUT2D eigenvalue weighted by Crippen LogP contribution is 2.28. The number of hydrogen-bond acceptors (Lipinski definition) is 2. The summed E-state index contributed by atoms with van der Waals surface area (Å²) in [6.45, 7) is 2.95. The van der Waals surface area contributed by atoms with E-state index >= 15 is 0 Å². The topological polar surface area (TPSA) is 39.7 Å². The van der Waals surface area contributed by atoms with Crippen molar-refractivity contribution in [1.29, 1.82) is 0 Å². The number of hydrogen-bond donors (Lipinski definition) is 2. The highest BCUT2D eigenvalue weighted by Gasteiger charge is 2.33. The fourth-order valence-electron chi connectivity index (χ4n) is 2.37. The van der Waals surface area contributed by atoms with Gasteiger partial charge in [-0.1, -0.05) is 19.1 Å². The lowest BCUT2D eigenvalue weighted by Gasteiger charge is -2.26. The van der Waals surface area contributed by atoms with E-state index in [0.29, 0.717) is 6.04 Å². The second kappa shape index (κ2) is 8.67. The van der Waals surface area contributed by atoms with Crippen LogP contribution in [-0.2, 0) is 0 Å². The first-order valence-corrected chi connectivity index (χ1v) is 7.40. The lowest BCUT2D eigenvalue weighted by molar-refractivity contribution is 0.298. The minimum atomic E-state index is -0.204. The molecule has 1 aromatic carbocycles. The van der Waals surface area contributed by atoms with Crippen LogP contribution in [0.4, 0.5) is 4.39 Å². The minimum Gasteiger partial charge on any atom is -0.354 e. The van der Waals surface area contributed by atoms with E-state index in [1.807, 2.05) is 26.2 Å². The summed E-state index contributed by atoms with van der Waals surface area (Å²) >= 11 is 0. The third kappa shape index (κ3) is 5.39. The Hall–Kier alpha value is -0.890. The van der Waals surface area contributed by atoms with E-state index in [1.54, 1.807) is 7.05 Å². The molecule has 1 aliphatic rings. The molecular formula is C16H26FIN4. The Morgan fingerprint density at radius 3 is 2.41 bits per heavy atom.